The van der Waals surface area contributed by atoms with Gasteiger partial charge in [-0.25, -0.2) is 12.7 Å². The molecule has 0 heterocycles. The van der Waals surface area contributed by atoms with E-state index in [4.69, 9.17) is 11.6 Å². The van der Waals surface area contributed by atoms with Gasteiger partial charge in [-0.3, -0.25) is 4.79 Å². The minimum atomic E-state index is -3.43. The Kier molecular flexibility index (Phi) is 6.21. The normalized spacial score (nSPS) is 11.6. The van der Waals surface area contributed by atoms with Crippen molar-refractivity contribution in [1.29, 1.82) is 0 Å². The molecule has 0 unspecified atom stereocenters. The van der Waals surface area contributed by atoms with Gasteiger partial charge in [0, 0.05) is 31.2 Å². The van der Waals surface area contributed by atoms with Crippen LogP contribution in [-0.2, 0) is 21.2 Å². The first kappa shape index (κ1) is 19.4. The fraction of sp³-hybridized carbons (Fsp3) is 0.278. The number of amides is 1. The van der Waals surface area contributed by atoms with E-state index in [0.717, 1.165) is 11.1 Å². The van der Waals surface area contributed by atoms with Crippen molar-refractivity contribution in [3.05, 3.63) is 58.6 Å². The van der Waals surface area contributed by atoms with Gasteiger partial charge in [-0.2, -0.15) is 0 Å². The number of nitrogens with one attached hydrogen (secondary N) is 1. The van der Waals surface area contributed by atoms with E-state index >= 15 is 0 Å². The topological polar surface area (TPSA) is 66.5 Å². The number of carbonyl (C=O) groups is 1. The molecule has 0 spiro atoms. The van der Waals surface area contributed by atoms with Crippen LogP contribution in [0, 0.1) is 6.92 Å². The van der Waals surface area contributed by atoms with Crippen LogP contribution >= 0.6 is 11.6 Å². The monoisotopic (exact) mass is 380 g/mol. The highest BCUT2D eigenvalue weighted by molar-refractivity contribution is 7.89. The molecule has 7 heteroatoms. The third-order valence-corrected chi connectivity index (χ3v) is 6.03. The number of aryl methyl sites for hydroxylation is 2. The largest absolute Gasteiger partial charge is 0.326 e. The van der Waals surface area contributed by atoms with Crippen LogP contribution in [-0.4, -0.2) is 32.7 Å². The number of hydrogen-bond acceptors (Lipinski definition) is 3. The number of halogens is 1. The number of sulfonamides is 1. The van der Waals surface area contributed by atoms with Crippen LogP contribution in [0.4, 0.5) is 5.69 Å². The molecular weight excluding hydrogens is 360 g/mol. The third kappa shape index (κ3) is 5.04. The highest BCUT2D eigenvalue weighted by Gasteiger charge is 2.16. The number of carbonyl (C=O) groups excluding carboxylic acids is 1. The van der Waals surface area contributed by atoms with Gasteiger partial charge >= 0.3 is 0 Å². The lowest BCUT2D eigenvalue weighted by atomic mass is 10.1. The molecule has 0 aliphatic rings. The predicted molar refractivity (Wildman–Crippen MR) is 100 cm³/mol. The van der Waals surface area contributed by atoms with E-state index in [1.54, 1.807) is 36.4 Å². The lowest BCUT2D eigenvalue weighted by molar-refractivity contribution is -0.116. The van der Waals surface area contributed by atoms with E-state index in [9.17, 15) is 13.2 Å². The molecule has 0 saturated carbocycles. The van der Waals surface area contributed by atoms with E-state index in [2.05, 4.69) is 5.32 Å². The Morgan fingerprint density at radius 2 is 1.76 bits per heavy atom. The number of anilines is 1. The van der Waals surface area contributed by atoms with Crippen LogP contribution in [0.25, 0.3) is 0 Å². The quantitative estimate of drug-likeness (QED) is 0.834. The Morgan fingerprint density at radius 3 is 2.32 bits per heavy atom. The van der Waals surface area contributed by atoms with Crippen LogP contribution in [0.3, 0.4) is 0 Å². The average molecular weight is 381 g/mol. The zero-order chi connectivity index (χ0) is 18.6. The Bertz CT molecular complexity index is 862. The molecule has 134 valence electrons. The van der Waals surface area contributed by atoms with Crippen molar-refractivity contribution < 1.29 is 13.2 Å². The smallest absolute Gasteiger partial charge is 0.242 e. The second-order valence-corrected chi connectivity index (χ2v) is 8.50. The maximum Gasteiger partial charge on any atom is 0.242 e. The molecule has 0 radical (unpaired) electrons. The van der Waals surface area contributed by atoms with Crippen LogP contribution in [0.15, 0.2) is 47.4 Å². The molecule has 0 aliphatic heterocycles. The first-order valence-electron chi connectivity index (χ1n) is 7.77. The molecule has 0 atom stereocenters. The lowest BCUT2D eigenvalue weighted by Gasteiger charge is -2.11. The van der Waals surface area contributed by atoms with Crippen molar-refractivity contribution in [3.63, 3.8) is 0 Å². The zero-order valence-electron chi connectivity index (χ0n) is 14.4. The molecule has 2 rings (SSSR count). The highest BCUT2D eigenvalue weighted by Crippen LogP contribution is 2.20. The molecule has 2 aromatic rings. The summed E-state index contributed by atoms with van der Waals surface area (Å²) in [6, 6.07) is 11.9. The molecule has 25 heavy (non-hydrogen) atoms. The van der Waals surface area contributed by atoms with E-state index in [1.807, 2.05) is 13.0 Å². The summed E-state index contributed by atoms with van der Waals surface area (Å²) in [6.45, 7) is 1.90. The molecule has 0 saturated heterocycles. The van der Waals surface area contributed by atoms with E-state index in [0.29, 0.717) is 23.6 Å². The molecule has 1 amide bonds. The second kappa shape index (κ2) is 7.99. The molecule has 1 N–H and O–H groups in total. The van der Waals surface area contributed by atoms with Crippen LogP contribution in [0.2, 0.25) is 5.02 Å². The van der Waals surface area contributed by atoms with Crippen molar-refractivity contribution >= 4 is 33.2 Å². The summed E-state index contributed by atoms with van der Waals surface area (Å²) < 4.78 is 25.2. The maximum atomic E-state index is 12.0. The summed E-state index contributed by atoms with van der Waals surface area (Å²) in [5.74, 6) is -0.120. The summed E-state index contributed by atoms with van der Waals surface area (Å²) >= 11 is 6.04. The van der Waals surface area contributed by atoms with Crippen molar-refractivity contribution in [2.75, 3.05) is 19.4 Å². The highest BCUT2D eigenvalue weighted by atomic mass is 35.5. The SMILES string of the molecule is Cc1ccc(NC(=O)CCc2ccc(S(=O)(=O)N(C)C)cc2)cc1Cl. The summed E-state index contributed by atoms with van der Waals surface area (Å²) in [5.41, 5.74) is 2.51. The average Bonchev–Trinajstić information content (AvgIpc) is 2.56. The van der Waals surface area contributed by atoms with Gasteiger partial charge in [0.2, 0.25) is 15.9 Å². The second-order valence-electron chi connectivity index (χ2n) is 5.94. The lowest BCUT2D eigenvalue weighted by Crippen LogP contribution is -2.22. The Labute approximate surface area is 153 Å². The standard InChI is InChI=1S/C18H21ClN2O3S/c1-13-4-8-15(12-17(13)19)20-18(22)11-7-14-5-9-16(10-6-14)25(23,24)21(2)3/h4-6,8-10,12H,7,11H2,1-3H3,(H,20,22). The summed E-state index contributed by atoms with van der Waals surface area (Å²) in [5, 5.41) is 3.41. The minimum absolute atomic E-state index is 0.120. The summed E-state index contributed by atoms with van der Waals surface area (Å²) in [4.78, 5) is 12.3. The number of rotatable bonds is 6. The van der Waals surface area contributed by atoms with Gasteiger partial charge < -0.3 is 5.32 Å². The Hall–Kier alpha value is -1.89. The van der Waals surface area contributed by atoms with Crippen molar-refractivity contribution in [2.45, 2.75) is 24.7 Å². The molecule has 5 nitrogen and oxygen atoms in total. The molecule has 0 fully saturated rings. The van der Waals surface area contributed by atoms with Gasteiger partial charge in [0.15, 0.2) is 0 Å². The van der Waals surface area contributed by atoms with Crippen LogP contribution in [0.5, 0.6) is 0 Å². The summed E-state index contributed by atoms with van der Waals surface area (Å²) in [7, 11) is -0.450. The number of nitrogens with zero attached hydrogens (tertiary/aromatic N) is 1. The first-order valence-corrected chi connectivity index (χ1v) is 9.59. The Balaban J connectivity index is 1.94. The molecule has 0 aromatic heterocycles. The third-order valence-electron chi connectivity index (χ3n) is 3.80. The number of benzene rings is 2. The van der Waals surface area contributed by atoms with Crippen molar-refractivity contribution in [2.24, 2.45) is 0 Å². The maximum absolute atomic E-state index is 12.0. The van der Waals surface area contributed by atoms with Crippen LogP contribution in [0.1, 0.15) is 17.5 Å². The predicted octanol–water partition coefficient (Wildman–Crippen LogP) is 3.47. The van der Waals surface area contributed by atoms with Gasteiger partial charge in [0.25, 0.3) is 0 Å². The first-order chi connectivity index (χ1) is 11.7. The fourth-order valence-corrected chi connectivity index (χ4v) is 3.27. The molecule has 0 aliphatic carbocycles. The van der Waals surface area contributed by atoms with E-state index in [-0.39, 0.29) is 10.8 Å². The molecule has 0 bridgehead atoms. The summed E-state index contributed by atoms with van der Waals surface area (Å²) in [6.07, 6.45) is 0.818. The number of hydrogen-bond donors (Lipinski definition) is 1. The van der Waals surface area contributed by atoms with Crippen molar-refractivity contribution in [1.82, 2.24) is 4.31 Å². The fourth-order valence-electron chi connectivity index (χ4n) is 2.19. The van der Waals surface area contributed by atoms with E-state index in [1.165, 1.54) is 18.4 Å². The van der Waals surface area contributed by atoms with Crippen molar-refractivity contribution in [3.8, 4) is 0 Å². The molecular formula is C18H21ClN2O3S. The minimum Gasteiger partial charge on any atom is -0.326 e. The van der Waals surface area contributed by atoms with Gasteiger partial charge in [0.1, 0.15) is 0 Å². The zero-order valence-corrected chi connectivity index (χ0v) is 16.0. The molecule has 2 aromatic carbocycles. The van der Waals surface area contributed by atoms with Gasteiger partial charge in [0.05, 0.1) is 4.90 Å². The Morgan fingerprint density at radius 1 is 1.12 bits per heavy atom. The van der Waals surface area contributed by atoms with Crippen LogP contribution < -0.4 is 5.32 Å². The van der Waals surface area contributed by atoms with Gasteiger partial charge in [-0.15, -0.1) is 0 Å². The van der Waals surface area contributed by atoms with Gasteiger partial charge in [-0.1, -0.05) is 29.8 Å². The van der Waals surface area contributed by atoms with E-state index < -0.39 is 10.0 Å². The van der Waals surface area contributed by atoms with Gasteiger partial charge in [-0.05, 0) is 48.7 Å².